The van der Waals surface area contributed by atoms with E-state index in [-0.39, 0.29) is 0 Å². The van der Waals surface area contributed by atoms with Crippen molar-refractivity contribution in [3.8, 4) is 22.3 Å². The van der Waals surface area contributed by atoms with Crippen LogP contribution < -0.4 is 0 Å². The van der Waals surface area contributed by atoms with Crippen molar-refractivity contribution in [2.24, 2.45) is 0 Å². The first-order chi connectivity index (χ1) is 15.4. The molecule has 0 aliphatic heterocycles. The minimum absolute atomic E-state index is 0.962. The third kappa shape index (κ3) is 1.89. The van der Waals surface area contributed by atoms with Crippen LogP contribution in [0.25, 0.3) is 49.7 Å². The van der Waals surface area contributed by atoms with Gasteiger partial charge < -0.3 is 0 Å². The van der Waals surface area contributed by atoms with E-state index in [9.17, 15) is 0 Å². The normalized spacial score (nSPS) is 13.5. The molecule has 0 saturated heterocycles. The Kier molecular flexibility index (Phi) is 2.74. The number of aromatic nitrogens is 3. The van der Waals surface area contributed by atoms with Crippen LogP contribution in [-0.2, 0) is 12.8 Å². The van der Waals surface area contributed by atoms with Crippen LogP contribution in [-0.4, -0.2) is 14.4 Å². The zero-order chi connectivity index (χ0) is 20.1. The number of benzene rings is 3. The maximum absolute atomic E-state index is 4.68. The minimum atomic E-state index is 0.962. The van der Waals surface area contributed by atoms with Gasteiger partial charge in [-0.25, -0.2) is 9.97 Å². The number of hydrogen-bond donors (Lipinski definition) is 0. The van der Waals surface area contributed by atoms with Gasteiger partial charge in [-0.3, -0.25) is 4.40 Å². The Morgan fingerprint density at radius 3 is 2.52 bits per heavy atom. The van der Waals surface area contributed by atoms with Crippen LogP contribution in [0.3, 0.4) is 0 Å². The molecule has 31 heavy (non-hydrogen) atoms. The van der Waals surface area contributed by atoms with Crippen molar-refractivity contribution in [1.82, 2.24) is 14.4 Å². The first-order valence-corrected chi connectivity index (χ1v) is 10.8. The van der Waals surface area contributed by atoms with Crippen molar-refractivity contribution in [1.29, 1.82) is 0 Å². The van der Waals surface area contributed by atoms with Crippen LogP contribution >= 0.6 is 0 Å². The van der Waals surface area contributed by atoms with Crippen molar-refractivity contribution in [2.75, 3.05) is 0 Å². The molecule has 0 saturated carbocycles. The first-order valence-electron chi connectivity index (χ1n) is 10.8. The summed E-state index contributed by atoms with van der Waals surface area (Å²) in [6.07, 6.45) is 7.76. The molecule has 0 bridgehead atoms. The number of fused-ring (bicyclic) bond motifs is 13. The number of rotatable bonds is 0. The van der Waals surface area contributed by atoms with Crippen molar-refractivity contribution in [3.05, 3.63) is 102 Å². The average molecular weight is 395 g/mol. The molecule has 0 unspecified atom stereocenters. The Morgan fingerprint density at radius 1 is 0.613 bits per heavy atom. The predicted molar refractivity (Wildman–Crippen MR) is 124 cm³/mol. The summed E-state index contributed by atoms with van der Waals surface area (Å²) in [7, 11) is 0. The molecule has 0 N–H and O–H groups in total. The van der Waals surface area contributed by atoms with Gasteiger partial charge in [0.15, 0.2) is 0 Å². The molecule has 3 heterocycles. The molecule has 2 aliphatic carbocycles. The van der Waals surface area contributed by atoms with Crippen molar-refractivity contribution in [2.45, 2.75) is 12.8 Å². The molecule has 144 valence electrons. The molecular formula is C28H17N3. The van der Waals surface area contributed by atoms with E-state index in [2.05, 4.69) is 69.0 Å². The van der Waals surface area contributed by atoms with Crippen LogP contribution in [0.2, 0.25) is 0 Å². The fraction of sp³-hybridized carbons (Fsp3) is 0.0714. The van der Waals surface area contributed by atoms with Gasteiger partial charge in [-0.15, -0.1) is 0 Å². The van der Waals surface area contributed by atoms with E-state index >= 15 is 0 Å². The zero-order valence-corrected chi connectivity index (χ0v) is 16.8. The van der Waals surface area contributed by atoms with E-state index in [0.717, 1.165) is 24.1 Å². The highest BCUT2D eigenvalue weighted by atomic mass is 15.0. The van der Waals surface area contributed by atoms with Gasteiger partial charge in [0, 0.05) is 29.4 Å². The van der Waals surface area contributed by atoms with Crippen molar-refractivity contribution in [3.63, 3.8) is 0 Å². The Morgan fingerprint density at radius 2 is 1.52 bits per heavy atom. The summed E-state index contributed by atoms with van der Waals surface area (Å²) in [5.41, 5.74) is 13.3. The summed E-state index contributed by atoms with van der Waals surface area (Å²) in [5, 5.41) is 3.61. The van der Waals surface area contributed by atoms with Gasteiger partial charge in [0.25, 0.3) is 0 Å². The summed E-state index contributed by atoms with van der Waals surface area (Å²) in [5.74, 6) is 0. The van der Waals surface area contributed by atoms with Gasteiger partial charge in [0.2, 0.25) is 0 Å². The van der Waals surface area contributed by atoms with Gasteiger partial charge >= 0.3 is 0 Å². The molecule has 0 atom stereocenters. The smallest absolute Gasteiger partial charge is 0.146 e. The fourth-order valence-corrected chi connectivity index (χ4v) is 5.85. The molecule has 0 amide bonds. The lowest BCUT2D eigenvalue weighted by atomic mass is 9.95. The Bertz CT molecular complexity index is 1740. The predicted octanol–water partition coefficient (Wildman–Crippen LogP) is 6.18. The van der Waals surface area contributed by atoms with Crippen LogP contribution in [0.1, 0.15) is 22.3 Å². The van der Waals surface area contributed by atoms with Crippen molar-refractivity contribution < 1.29 is 0 Å². The Balaban J connectivity index is 1.47. The summed E-state index contributed by atoms with van der Waals surface area (Å²) in [6, 6.07) is 22.5. The van der Waals surface area contributed by atoms with Crippen LogP contribution in [0.15, 0.2) is 79.3 Å². The molecule has 0 spiro atoms. The number of hydrogen-bond acceptors (Lipinski definition) is 2. The Labute approximate surface area is 178 Å². The minimum Gasteiger partial charge on any atom is -0.283 e. The maximum Gasteiger partial charge on any atom is 0.146 e. The fourth-order valence-electron chi connectivity index (χ4n) is 5.85. The van der Waals surface area contributed by atoms with Gasteiger partial charge in [-0.2, -0.15) is 0 Å². The molecule has 3 nitrogen and oxygen atoms in total. The number of nitrogens with zero attached hydrogens (tertiary/aromatic N) is 3. The quantitative estimate of drug-likeness (QED) is 0.287. The number of pyridine rings is 2. The molecule has 0 radical (unpaired) electrons. The Hall–Kier alpha value is -3.98. The van der Waals surface area contributed by atoms with E-state index in [1.807, 2.05) is 24.7 Å². The molecule has 3 heteroatoms. The summed E-state index contributed by atoms with van der Waals surface area (Å²) >= 11 is 0. The summed E-state index contributed by atoms with van der Waals surface area (Å²) in [4.78, 5) is 9.35. The topological polar surface area (TPSA) is 30.2 Å². The molecule has 0 fully saturated rings. The third-order valence-electron chi connectivity index (χ3n) is 7.15. The average Bonchev–Trinajstić information content (AvgIpc) is 3.52. The second kappa shape index (κ2) is 5.38. The molecule has 8 rings (SSSR count). The largest absolute Gasteiger partial charge is 0.283 e. The van der Waals surface area contributed by atoms with Crippen LogP contribution in [0, 0.1) is 0 Å². The van der Waals surface area contributed by atoms with E-state index in [0.29, 0.717) is 0 Å². The van der Waals surface area contributed by atoms with E-state index in [4.69, 9.17) is 0 Å². The molecule has 6 aromatic rings. The highest BCUT2D eigenvalue weighted by Gasteiger charge is 2.28. The highest BCUT2D eigenvalue weighted by molar-refractivity contribution is 6.13. The van der Waals surface area contributed by atoms with Crippen molar-refractivity contribution >= 4 is 27.5 Å². The van der Waals surface area contributed by atoms with Gasteiger partial charge in [0.05, 0.1) is 0 Å². The lowest BCUT2D eigenvalue weighted by molar-refractivity contribution is 1.20. The summed E-state index contributed by atoms with van der Waals surface area (Å²) < 4.78 is 2.11. The number of imidazole rings is 1. The highest BCUT2D eigenvalue weighted by Crippen LogP contribution is 2.48. The second-order valence-electron chi connectivity index (χ2n) is 8.69. The first kappa shape index (κ1) is 15.8. The zero-order valence-electron chi connectivity index (χ0n) is 16.8. The van der Waals surface area contributed by atoms with E-state index in [1.165, 1.54) is 60.7 Å². The molecule has 3 aromatic carbocycles. The van der Waals surface area contributed by atoms with Gasteiger partial charge in [-0.1, -0.05) is 36.4 Å². The van der Waals surface area contributed by atoms with E-state index < -0.39 is 0 Å². The third-order valence-corrected chi connectivity index (χ3v) is 7.15. The van der Waals surface area contributed by atoms with Crippen LogP contribution in [0.5, 0.6) is 0 Å². The SMILES string of the molecule is c1ccc2c(c1)Cc1ccc3c(c1-2)Cc1cc2c(cc1-3)c1cccnc1n1ccnc21. The lowest BCUT2D eigenvalue weighted by Gasteiger charge is -2.10. The monoisotopic (exact) mass is 395 g/mol. The van der Waals surface area contributed by atoms with Gasteiger partial charge in [0.1, 0.15) is 11.3 Å². The molecule has 3 aromatic heterocycles. The molecule has 2 aliphatic rings. The maximum atomic E-state index is 4.68. The van der Waals surface area contributed by atoms with Crippen LogP contribution in [0.4, 0.5) is 0 Å². The van der Waals surface area contributed by atoms with Gasteiger partial charge in [-0.05, 0) is 87.0 Å². The lowest BCUT2D eigenvalue weighted by Crippen LogP contribution is -1.94. The summed E-state index contributed by atoms with van der Waals surface area (Å²) in [6.45, 7) is 0. The second-order valence-corrected chi connectivity index (χ2v) is 8.69. The molecular weight excluding hydrogens is 378 g/mol. The van der Waals surface area contributed by atoms with E-state index in [1.54, 1.807) is 0 Å². The standard InChI is InChI=1S/C28H17N3/c1-2-5-19-16(4-1)12-17-7-8-20-22-15-23-21-6-3-9-29-27(21)31-11-10-30-28(31)25(23)14-18(22)13-24(20)26(17)19/h1-11,14-15H,12-13H2.